The fourth-order valence-electron chi connectivity index (χ4n) is 1.54. The smallest absolute Gasteiger partial charge is 0.338 e. The molecule has 0 aliphatic rings. The van der Waals surface area contributed by atoms with Crippen LogP contribution in [0.3, 0.4) is 0 Å². The van der Waals surface area contributed by atoms with Crippen LogP contribution < -0.4 is 4.74 Å². The van der Waals surface area contributed by atoms with Crippen LogP contribution in [0.1, 0.15) is 15.9 Å². The molecule has 98 valence electrons. The van der Waals surface area contributed by atoms with Crippen molar-refractivity contribution in [2.75, 3.05) is 7.11 Å². The predicted molar refractivity (Wildman–Crippen MR) is 68.5 cm³/mol. The van der Waals surface area contributed by atoms with E-state index in [0.29, 0.717) is 5.56 Å². The van der Waals surface area contributed by atoms with Crippen molar-refractivity contribution < 1.29 is 18.7 Å². The highest BCUT2D eigenvalue weighted by Crippen LogP contribution is 2.13. The summed E-state index contributed by atoms with van der Waals surface area (Å²) in [6.07, 6.45) is 0. The first-order valence-corrected chi connectivity index (χ1v) is 5.74. The van der Waals surface area contributed by atoms with E-state index in [4.69, 9.17) is 9.47 Å². The highest BCUT2D eigenvalue weighted by atomic mass is 19.1. The van der Waals surface area contributed by atoms with Gasteiger partial charge >= 0.3 is 5.97 Å². The second-order valence-corrected chi connectivity index (χ2v) is 3.93. The molecule has 2 aromatic rings. The summed E-state index contributed by atoms with van der Waals surface area (Å²) in [4.78, 5) is 11.7. The third kappa shape index (κ3) is 3.55. The second-order valence-electron chi connectivity index (χ2n) is 3.93. The zero-order valence-electron chi connectivity index (χ0n) is 10.4. The van der Waals surface area contributed by atoms with Gasteiger partial charge in [0, 0.05) is 0 Å². The van der Waals surface area contributed by atoms with Gasteiger partial charge in [-0.15, -0.1) is 0 Å². The largest absolute Gasteiger partial charge is 0.497 e. The van der Waals surface area contributed by atoms with Crippen molar-refractivity contribution in [1.29, 1.82) is 0 Å². The van der Waals surface area contributed by atoms with E-state index in [9.17, 15) is 9.18 Å². The minimum atomic E-state index is -0.476. The summed E-state index contributed by atoms with van der Waals surface area (Å²) in [6.45, 7) is 0.167. The van der Waals surface area contributed by atoms with Crippen molar-refractivity contribution in [3.05, 3.63) is 65.5 Å². The van der Waals surface area contributed by atoms with Crippen LogP contribution in [0.4, 0.5) is 4.39 Å². The van der Waals surface area contributed by atoms with Crippen LogP contribution in [-0.2, 0) is 11.3 Å². The van der Waals surface area contributed by atoms with Crippen LogP contribution in [0.5, 0.6) is 5.75 Å². The number of hydrogen-bond acceptors (Lipinski definition) is 3. The molecule has 2 rings (SSSR count). The summed E-state index contributed by atoms with van der Waals surface area (Å²) in [6, 6.07) is 12.5. The SMILES string of the molecule is COc1ccc(COC(=O)c2ccc(F)cc2)cc1. The lowest BCUT2D eigenvalue weighted by molar-refractivity contribution is 0.0472. The average Bonchev–Trinajstić information content (AvgIpc) is 2.46. The van der Waals surface area contributed by atoms with Gasteiger partial charge in [-0.3, -0.25) is 0 Å². The van der Waals surface area contributed by atoms with E-state index in [1.54, 1.807) is 19.2 Å². The van der Waals surface area contributed by atoms with Gasteiger partial charge in [-0.25, -0.2) is 9.18 Å². The van der Waals surface area contributed by atoms with Crippen molar-refractivity contribution in [2.45, 2.75) is 6.61 Å². The van der Waals surface area contributed by atoms with E-state index in [1.807, 2.05) is 12.1 Å². The Hall–Kier alpha value is -2.36. The Balaban J connectivity index is 1.94. The van der Waals surface area contributed by atoms with Gasteiger partial charge in [0.25, 0.3) is 0 Å². The van der Waals surface area contributed by atoms with Crippen LogP contribution in [0.2, 0.25) is 0 Å². The molecular weight excluding hydrogens is 247 g/mol. The number of carbonyl (C=O) groups is 1. The maximum Gasteiger partial charge on any atom is 0.338 e. The fraction of sp³-hybridized carbons (Fsp3) is 0.133. The molecule has 0 heterocycles. The van der Waals surface area contributed by atoms with Crippen molar-refractivity contribution in [3.63, 3.8) is 0 Å². The maximum absolute atomic E-state index is 12.7. The van der Waals surface area contributed by atoms with Gasteiger partial charge in [0.15, 0.2) is 0 Å². The summed E-state index contributed by atoms with van der Waals surface area (Å²) < 4.78 is 22.9. The second kappa shape index (κ2) is 6.00. The number of hydrogen-bond donors (Lipinski definition) is 0. The van der Waals surface area contributed by atoms with Crippen LogP contribution >= 0.6 is 0 Å². The molecule has 4 heteroatoms. The lowest BCUT2D eigenvalue weighted by Crippen LogP contribution is -2.05. The predicted octanol–water partition coefficient (Wildman–Crippen LogP) is 3.19. The monoisotopic (exact) mass is 260 g/mol. The Morgan fingerprint density at radius 1 is 1.05 bits per heavy atom. The topological polar surface area (TPSA) is 35.5 Å². The molecule has 0 aliphatic carbocycles. The average molecular weight is 260 g/mol. The van der Waals surface area contributed by atoms with Crippen LogP contribution in [-0.4, -0.2) is 13.1 Å². The van der Waals surface area contributed by atoms with Crippen molar-refractivity contribution in [2.24, 2.45) is 0 Å². The minimum absolute atomic E-state index is 0.167. The van der Waals surface area contributed by atoms with E-state index < -0.39 is 5.97 Å². The maximum atomic E-state index is 12.7. The van der Waals surface area contributed by atoms with Crippen LogP contribution in [0, 0.1) is 5.82 Å². The number of esters is 1. The number of methoxy groups -OCH3 is 1. The molecule has 19 heavy (non-hydrogen) atoms. The number of carbonyl (C=O) groups excluding carboxylic acids is 1. The summed E-state index contributed by atoms with van der Waals surface area (Å²) in [5.41, 5.74) is 1.19. The van der Waals surface area contributed by atoms with E-state index in [0.717, 1.165) is 11.3 Å². The first kappa shape index (κ1) is 13.1. The lowest BCUT2D eigenvalue weighted by Gasteiger charge is -2.06. The molecular formula is C15H13FO3. The van der Waals surface area contributed by atoms with Crippen LogP contribution in [0.25, 0.3) is 0 Å². The Morgan fingerprint density at radius 2 is 1.68 bits per heavy atom. The van der Waals surface area contributed by atoms with Crippen molar-refractivity contribution in [1.82, 2.24) is 0 Å². The minimum Gasteiger partial charge on any atom is -0.497 e. The third-order valence-electron chi connectivity index (χ3n) is 2.61. The Labute approximate surface area is 110 Å². The first-order valence-electron chi connectivity index (χ1n) is 5.74. The van der Waals surface area contributed by atoms with Gasteiger partial charge in [0.1, 0.15) is 18.2 Å². The van der Waals surface area contributed by atoms with E-state index in [1.165, 1.54) is 24.3 Å². The zero-order chi connectivity index (χ0) is 13.7. The molecule has 3 nitrogen and oxygen atoms in total. The van der Waals surface area contributed by atoms with E-state index >= 15 is 0 Å². The molecule has 0 saturated heterocycles. The molecule has 0 atom stereocenters. The van der Waals surface area contributed by atoms with E-state index in [-0.39, 0.29) is 12.4 Å². The molecule has 0 unspecified atom stereocenters. The molecule has 0 aromatic heterocycles. The zero-order valence-corrected chi connectivity index (χ0v) is 10.4. The molecule has 2 aromatic carbocycles. The molecule has 0 aliphatic heterocycles. The Kier molecular flexibility index (Phi) is 4.13. The summed E-state index contributed by atoms with van der Waals surface area (Å²) in [5.74, 6) is -0.115. The molecule has 0 fully saturated rings. The van der Waals surface area contributed by atoms with Gasteiger partial charge in [0.2, 0.25) is 0 Å². The van der Waals surface area contributed by atoms with Gasteiger partial charge in [-0.05, 0) is 42.0 Å². The van der Waals surface area contributed by atoms with Gasteiger partial charge < -0.3 is 9.47 Å². The first-order chi connectivity index (χ1) is 9.19. The molecule has 0 saturated carbocycles. The molecule has 0 amide bonds. The summed E-state index contributed by atoms with van der Waals surface area (Å²) in [5, 5.41) is 0. The van der Waals surface area contributed by atoms with Gasteiger partial charge in [-0.2, -0.15) is 0 Å². The van der Waals surface area contributed by atoms with Crippen molar-refractivity contribution in [3.8, 4) is 5.75 Å². The third-order valence-corrected chi connectivity index (χ3v) is 2.61. The highest BCUT2D eigenvalue weighted by Gasteiger charge is 2.07. The summed E-state index contributed by atoms with van der Waals surface area (Å²) >= 11 is 0. The van der Waals surface area contributed by atoms with Crippen molar-refractivity contribution >= 4 is 5.97 Å². The number of benzene rings is 2. The number of halogens is 1. The molecule has 0 spiro atoms. The normalized spacial score (nSPS) is 10.0. The van der Waals surface area contributed by atoms with E-state index in [2.05, 4.69) is 0 Å². The Bertz CT molecular complexity index is 547. The summed E-state index contributed by atoms with van der Waals surface area (Å²) in [7, 11) is 1.59. The van der Waals surface area contributed by atoms with Gasteiger partial charge in [-0.1, -0.05) is 12.1 Å². The Morgan fingerprint density at radius 3 is 2.26 bits per heavy atom. The molecule has 0 bridgehead atoms. The number of rotatable bonds is 4. The number of ether oxygens (including phenoxy) is 2. The standard InChI is InChI=1S/C15H13FO3/c1-18-14-8-2-11(3-9-14)10-19-15(17)12-4-6-13(16)7-5-12/h2-9H,10H2,1H3. The molecule has 0 radical (unpaired) electrons. The van der Waals surface area contributed by atoms with Gasteiger partial charge in [0.05, 0.1) is 12.7 Å². The fourth-order valence-corrected chi connectivity index (χ4v) is 1.54. The quantitative estimate of drug-likeness (QED) is 0.792. The molecule has 0 N–H and O–H groups in total. The highest BCUT2D eigenvalue weighted by molar-refractivity contribution is 5.89. The van der Waals surface area contributed by atoms with Crippen LogP contribution in [0.15, 0.2) is 48.5 Å². The lowest BCUT2D eigenvalue weighted by atomic mass is 10.2.